The first kappa shape index (κ1) is 22.9. The summed E-state index contributed by atoms with van der Waals surface area (Å²) in [7, 11) is -2.24. The van der Waals surface area contributed by atoms with Crippen molar-refractivity contribution in [3.05, 3.63) is 0 Å². The average Bonchev–Trinajstić information content (AvgIpc) is 2.71. The summed E-state index contributed by atoms with van der Waals surface area (Å²) < 4.78 is 16.8. The number of ether oxygens (including phenoxy) is 2. The van der Waals surface area contributed by atoms with E-state index in [1.807, 2.05) is 0 Å². The number of aliphatic hydroxyl groups excluding tert-OH is 1. The predicted octanol–water partition coefficient (Wildman–Crippen LogP) is 3.47. The van der Waals surface area contributed by atoms with Gasteiger partial charge in [0, 0.05) is 6.42 Å². The van der Waals surface area contributed by atoms with Gasteiger partial charge in [-0.15, -0.1) is 0 Å². The van der Waals surface area contributed by atoms with Crippen LogP contribution < -0.4 is 0 Å². The fraction of sp³-hybridized carbons (Fsp3) is 0.889. The van der Waals surface area contributed by atoms with Crippen LogP contribution in [0.5, 0.6) is 0 Å². The maximum Gasteiger partial charge on any atom is 0.414 e. The van der Waals surface area contributed by atoms with E-state index in [0.717, 1.165) is 4.90 Å². The zero-order chi connectivity index (χ0) is 20.5. The van der Waals surface area contributed by atoms with Gasteiger partial charge >= 0.3 is 12.1 Å². The van der Waals surface area contributed by atoms with E-state index in [1.165, 1.54) is 0 Å². The van der Waals surface area contributed by atoms with Crippen LogP contribution in [0.25, 0.3) is 0 Å². The number of likely N-dealkylation sites (tertiary alicyclic amines) is 1. The van der Waals surface area contributed by atoms with Crippen molar-refractivity contribution >= 4 is 20.4 Å². The third-order valence-corrected chi connectivity index (χ3v) is 9.31. The molecule has 7 nitrogen and oxygen atoms in total. The van der Waals surface area contributed by atoms with Crippen LogP contribution in [0.4, 0.5) is 4.79 Å². The van der Waals surface area contributed by atoms with Gasteiger partial charge in [-0.1, -0.05) is 20.8 Å². The molecule has 0 saturated carbocycles. The van der Waals surface area contributed by atoms with Crippen molar-refractivity contribution in [1.82, 2.24) is 4.90 Å². The Morgan fingerprint density at radius 1 is 1.15 bits per heavy atom. The molecule has 1 fully saturated rings. The molecule has 0 aromatic carbocycles. The number of amides is 1. The molecule has 1 aliphatic rings. The van der Waals surface area contributed by atoms with Gasteiger partial charge in [0.15, 0.2) is 8.32 Å². The highest BCUT2D eigenvalue weighted by molar-refractivity contribution is 6.74. The molecule has 1 aliphatic heterocycles. The van der Waals surface area contributed by atoms with E-state index in [4.69, 9.17) is 13.9 Å². The van der Waals surface area contributed by atoms with Crippen LogP contribution in [0.2, 0.25) is 18.1 Å². The standard InChI is InChI=1S/C18H35NO6Si/c1-10-23-15(21)12-11-13(25-26(8,9)18(5,6)7)19(14(12)20)16(22)24-17(2,3)4/h12-14,20H,10-11H2,1-9H3/t12-,13-,14+/m1/s1. The summed E-state index contributed by atoms with van der Waals surface area (Å²) in [6, 6.07) is 0. The van der Waals surface area contributed by atoms with Crippen molar-refractivity contribution in [3.63, 3.8) is 0 Å². The van der Waals surface area contributed by atoms with Crippen molar-refractivity contribution < 1.29 is 28.6 Å². The lowest BCUT2D eigenvalue weighted by molar-refractivity contribution is -0.153. The second-order valence-electron chi connectivity index (χ2n) is 9.23. The molecule has 0 aromatic rings. The summed E-state index contributed by atoms with van der Waals surface area (Å²) in [5.74, 6) is -1.38. The molecule has 26 heavy (non-hydrogen) atoms. The number of hydrogen-bond donors (Lipinski definition) is 1. The molecule has 1 heterocycles. The van der Waals surface area contributed by atoms with Crippen LogP contribution in [0, 0.1) is 5.92 Å². The van der Waals surface area contributed by atoms with Crippen molar-refractivity contribution in [2.24, 2.45) is 5.92 Å². The van der Waals surface area contributed by atoms with Crippen molar-refractivity contribution in [2.75, 3.05) is 6.61 Å². The molecule has 152 valence electrons. The second-order valence-corrected chi connectivity index (χ2v) is 14.0. The molecule has 0 radical (unpaired) electrons. The fourth-order valence-corrected chi connectivity index (χ4v) is 3.69. The SMILES string of the molecule is CCOC(=O)[C@@H]1C[C@@H](O[Si](C)(C)C(C)(C)C)N(C(=O)OC(C)(C)C)[C@H]1O. The van der Waals surface area contributed by atoms with Gasteiger partial charge in [-0.25, -0.2) is 4.79 Å². The Bertz CT molecular complexity index is 523. The topological polar surface area (TPSA) is 85.3 Å². The molecule has 0 unspecified atom stereocenters. The van der Waals surface area contributed by atoms with Gasteiger partial charge in [-0.05, 0) is 45.8 Å². The summed E-state index contributed by atoms with van der Waals surface area (Å²) >= 11 is 0. The Labute approximate surface area is 158 Å². The van der Waals surface area contributed by atoms with Crippen molar-refractivity contribution in [1.29, 1.82) is 0 Å². The van der Waals surface area contributed by atoms with E-state index < -0.39 is 44.4 Å². The molecule has 0 aromatic heterocycles. The maximum atomic E-state index is 12.7. The van der Waals surface area contributed by atoms with Gasteiger partial charge in [0.1, 0.15) is 24.0 Å². The number of carbonyl (C=O) groups excluding carboxylic acids is 2. The highest BCUT2D eigenvalue weighted by atomic mass is 28.4. The smallest absolute Gasteiger partial charge is 0.414 e. The minimum Gasteiger partial charge on any atom is -0.466 e. The third-order valence-electron chi connectivity index (χ3n) is 4.84. The summed E-state index contributed by atoms with van der Waals surface area (Å²) in [4.78, 5) is 26.0. The van der Waals surface area contributed by atoms with Gasteiger partial charge in [-0.3, -0.25) is 9.69 Å². The number of carbonyl (C=O) groups is 2. The maximum absolute atomic E-state index is 12.7. The first-order chi connectivity index (χ1) is 11.6. The molecular weight excluding hydrogens is 354 g/mol. The molecule has 0 spiro atoms. The molecule has 3 atom stereocenters. The quantitative estimate of drug-likeness (QED) is 0.585. The molecule has 8 heteroatoms. The van der Waals surface area contributed by atoms with Crippen LogP contribution in [0.15, 0.2) is 0 Å². The molecule has 0 bridgehead atoms. The van der Waals surface area contributed by atoms with Gasteiger partial charge in [0.2, 0.25) is 0 Å². The Kier molecular flexibility index (Phi) is 6.93. The molecular formula is C18H35NO6Si. The fourth-order valence-electron chi connectivity index (χ4n) is 2.45. The normalized spacial score (nSPS) is 24.5. The lowest BCUT2D eigenvalue weighted by Crippen LogP contribution is -2.52. The van der Waals surface area contributed by atoms with Crippen molar-refractivity contribution in [2.45, 2.75) is 91.1 Å². The third kappa shape index (κ3) is 5.44. The van der Waals surface area contributed by atoms with E-state index in [0.29, 0.717) is 0 Å². The van der Waals surface area contributed by atoms with E-state index >= 15 is 0 Å². The zero-order valence-corrected chi connectivity index (χ0v) is 18.6. The average molecular weight is 390 g/mol. The van der Waals surface area contributed by atoms with E-state index in [1.54, 1.807) is 27.7 Å². The molecule has 1 saturated heterocycles. The largest absolute Gasteiger partial charge is 0.466 e. The van der Waals surface area contributed by atoms with Crippen LogP contribution >= 0.6 is 0 Å². The molecule has 0 aliphatic carbocycles. The van der Waals surface area contributed by atoms with Crippen LogP contribution in [0.1, 0.15) is 54.9 Å². The van der Waals surface area contributed by atoms with Gasteiger partial charge in [0.25, 0.3) is 0 Å². The van der Waals surface area contributed by atoms with Crippen molar-refractivity contribution in [3.8, 4) is 0 Å². The Morgan fingerprint density at radius 2 is 1.69 bits per heavy atom. The van der Waals surface area contributed by atoms with Crippen LogP contribution in [-0.4, -0.2) is 55.1 Å². The summed E-state index contributed by atoms with van der Waals surface area (Å²) in [6.45, 7) is 17.5. The highest BCUT2D eigenvalue weighted by Crippen LogP contribution is 2.41. The first-order valence-electron chi connectivity index (χ1n) is 9.14. The van der Waals surface area contributed by atoms with Crippen LogP contribution in [0.3, 0.4) is 0 Å². The molecule has 1 N–H and O–H groups in total. The second kappa shape index (κ2) is 7.86. The lowest BCUT2D eigenvalue weighted by atomic mass is 10.1. The number of aliphatic hydroxyl groups is 1. The van der Waals surface area contributed by atoms with Crippen LogP contribution in [-0.2, 0) is 18.7 Å². The van der Waals surface area contributed by atoms with E-state index in [9.17, 15) is 14.7 Å². The highest BCUT2D eigenvalue weighted by Gasteiger charge is 2.52. The summed E-state index contributed by atoms with van der Waals surface area (Å²) in [5, 5.41) is 10.6. The molecule has 1 amide bonds. The Balaban J connectivity index is 3.13. The monoisotopic (exact) mass is 389 g/mol. The first-order valence-corrected chi connectivity index (χ1v) is 12.1. The Hall–Kier alpha value is -1.12. The minimum absolute atomic E-state index is 0.0838. The number of hydrogen-bond acceptors (Lipinski definition) is 6. The number of nitrogens with zero attached hydrogens (tertiary/aromatic N) is 1. The van der Waals surface area contributed by atoms with E-state index in [2.05, 4.69) is 33.9 Å². The predicted molar refractivity (Wildman–Crippen MR) is 101 cm³/mol. The summed E-state index contributed by atoms with van der Waals surface area (Å²) in [5.41, 5.74) is -0.722. The number of esters is 1. The Morgan fingerprint density at radius 3 is 2.12 bits per heavy atom. The minimum atomic E-state index is -2.24. The lowest BCUT2D eigenvalue weighted by Gasteiger charge is -2.40. The van der Waals surface area contributed by atoms with Gasteiger partial charge in [0.05, 0.1) is 6.61 Å². The van der Waals surface area contributed by atoms with Gasteiger partial charge < -0.3 is 19.0 Å². The summed E-state index contributed by atoms with van der Waals surface area (Å²) in [6.07, 6.45) is -2.57. The number of rotatable bonds is 4. The van der Waals surface area contributed by atoms with E-state index in [-0.39, 0.29) is 18.1 Å². The zero-order valence-electron chi connectivity index (χ0n) is 17.6. The molecule has 1 rings (SSSR count). The van der Waals surface area contributed by atoms with Gasteiger partial charge in [-0.2, -0.15) is 0 Å².